The fraction of sp³-hybridized carbons (Fsp3) is 0.500. The van der Waals surface area contributed by atoms with Crippen molar-refractivity contribution in [3.05, 3.63) is 35.4 Å². The fourth-order valence-corrected chi connectivity index (χ4v) is 2.76. The number of carbonyl (C=O) groups is 2. The van der Waals surface area contributed by atoms with Crippen LogP contribution in [0.1, 0.15) is 24.0 Å². The van der Waals surface area contributed by atoms with Crippen molar-refractivity contribution in [3.8, 4) is 0 Å². The molecule has 1 aliphatic rings. The second-order valence-corrected chi connectivity index (χ2v) is 5.49. The maximum absolute atomic E-state index is 11.9. The van der Waals surface area contributed by atoms with E-state index >= 15 is 0 Å². The molecule has 1 fully saturated rings. The largest absolute Gasteiger partial charge is 0.480 e. The van der Waals surface area contributed by atoms with Crippen molar-refractivity contribution in [2.24, 2.45) is 0 Å². The molecule has 1 atom stereocenters. The van der Waals surface area contributed by atoms with Gasteiger partial charge in [0.05, 0.1) is 6.54 Å². The number of nitrogens with zero attached hydrogens (tertiary/aromatic N) is 1. The van der Waals surface area contributed by atoms with E-state index in [9.17, 15) is 9.59 Å². The molecule has 114 valence electrons. The minimum absolute atomic E-state index is 0.100. The molecule has 0 bridgehead atoms. The predicted molar refractivity (Wildman–Crippen MR) is 80.1 cm³/mol. The molecule has 1 saturated heterocycles. The third kappa shape index (κ3) is 4.29. The van der Waals surface area contributed by atoms with Crippen molar-refractivity contribution in [3.63, 3.8) is 0 Å². The number of benzene rings is 1. The molecular weight excluding hydrogens is 268 g/mol. The molecule has 1 aliphatic heterocycles. The zero-order valence-corrected chi connectivity index (χ0v) is 12.3. The van der Waals surface area contributed by atoms with E-state index in [2.05, 4.69) is 24.4 Å². The monoisotopic (exact) mass is 290 g/mol. The highest BCUT2D eigenvalue weighted by Gasteiger charge is 2.31. The minimum atomic E-state index is -0.833. The summed E-state index contributed by atoms with van der Waals surface area (Å²) in [5, 5.41) is 11.9. The number of hydrogen-bond donors (Lipinski definition) is 2. The molecule has 0 aliphatic carbocycles. The zero-order valence-electron chi connectivity index (χ0n) is 12.3. The van der Waals surface area contributed by atoms with E-state index in [1.165, 1.54) is 11.1 Å². The molecular formula is C16H22N2O3. The summed E-state index contributed by atoms with van der Waals surface area (Å²) in [5.41, 5.74) is 2.44. The molecule has 0 aromatic heterocycles. The molecule has 5 heteroatoms. The van der Waals surface area contributed by atoms with Crippen LogP contribution in [-0.2, 0) is 16.0 Å². The summed E-state index contributed by atoms with van der Waals surface area (Å²) in [7, 11) is 0. The van der Waals surface area contributed by atoms with E-state index in [0.717, 1.165) is 12.8 Å². The summed E-state index contributed by atoms with van der Waals surface area (Å²) in [4.78, 5) is 24.7. The minimum Gasteiger partial charge on any atom is -0.480 e. The van der Waals surface area contributed by atoms with Crippen LogP contribution in [0.3, 0.4) is 0 Å². The zero-order chi connectivity index (χ0) is 15.2. The van der Waals surface area contributed by atoms with E-state index < -0.39 is 12.0 Å². The third-order valence-electron chi connectivity index (χ3n) is 3.97. The summed E-state index contributed by atoms with van der Waals surface area (Å²) in [6.45, 7) is 3.49. The van der Waals surface area contributed by atoms with Gasteiger partial charge in [0.1, 0.15) is 6.04 Å². The van der Waals surface area contributed by atoms with Crippen LogP contribution in [0.2, 0.25) is 0 Å². The average molecular weight is 290 g/mol. The Morgan fingerprint density at radius 2 is 2.14 bits per heavy atom. The summed E-state index contributed by atoms with van der Waals surface area (Å²) >= 11 is 0. The topological polar surface area (TPSA) is 69.6 Å². The standard InChI is InChI=1S/C16H22N2O3/c1-12-5-2-3-6-13(12)8-9-17-15(19)11-18-10-4-7-14(18)16(20)21/h2-3,5-6,14H,4,7-11H2,1H3,(H,17,19)(H,20,21)/t14-/m1/s1. The quantitative estimate of drug-likeness (QED) is 0.826. The van der Waals surface area contributed by atoms with Gasteiger partial charge in [-0.15, -0.1) is 0 Å². The lowest BCUT2D eigenvalue weighted by Gasteiger charge is -2.20. The lowest BCUT2D eigenvalue weighted by molar-refractivity contribution is -0.142. The van der Waals surface area contributed by atoms with Crippen LogP contribution in [0.4, 0.5) is 0 Å². The van der Waals surface area contributed by atoms with Gasteiger partial charge in [-0.25, -0.2) is 0 Å². The lowest BCUT2D eigenvalue weighted by Crippen LogP contribution is -2.43. The number of hydrogen-bond acceptors (Lipinski definition) is 3. The maximum Gasteiger partial charge on any atom is 0.320 e. The molecule has 0 spiro atoms. The Labute approximate surface area is 125 Å². The molecule has 21 heavy (non-hydrogen) atoms. The highest BCUT2D eigenvalue weighted by Crippen LogP contribution is 2.16. The maximum atomic E-state index is 11.9. The van der Waals surface area contributed by atoms with Crippen molar-refractivity contribution in [2.75, 3.05) is 19.6 Å². The lowest BCUT2D eigenvalue weighted by atomic mass is 10.1. The number of rotatable bonds is 6. The number of aryl methyl sites for hydroxylation is 1. The molecule has 1 aromatic carbocycles. The van der Waals surface area contributed by atoms with Crippen LogP contribution < -0.4 is 5.32 Å². The van der Waals surface area contributed by atoms with Gasteiger partial charge in [-0.1, -0.05) is 24.3 Å². The predicted octanol–water partition coefficient (Wildman–Crippen LogP) is 1.20. The van der Waals surface area contributed by atoms with Gasteiger partial charge < -0.3 is 10.4 Å². The number of carbonyl (C=O) groups excluding carboxylic acids is 1. The molecule has 2 N–H and O–H groups in total. The summed E-state index contributed by atoms with van der Waals surface area (Å²) in [6, 6.07) is 7.59. The Bertz CT molecular complexity index is 516. The van der Waals surface area contributed by atoms with Gasteiger partial charge in [-0.2, -0.15) is 0 Å². The Hall–Kier alpha value is -1.88. The summed E-state index contributed by atoms with van der Waals surface area (Å²) < 4.78 is 0. The summed E-state index contributed by atoms with van der Waals surface area (Å²) in [5.74, 6) is -0.933. The Kier molecular flexibility index (Phi) is 5.33. The van der Waals surface area contributed by atoms with Crippen molar-refractivity contribution in [1.29, 1.82) is 0 Å². The number of likely N-dealkylation sites (tertiary alicyclic amines) is 1. The van der Waals surface area contributed by atoms with Crippen LogP contribution in [0, 0.1) is 6.92 Å². The third-order valence-corrected chi connectivity index (χ3v) is 3.97. The van der Waals surface area contributed by atoms with Gasteiger partial charge >= 0.3 is 5.97 Å². The highest BCUT2D eigenvalue weighted by atomic mass is 16.4. The van der Waals surface area contributed by atoms with Crippen molar-refractivity contribution in [2.45, 2.75) is 32.2 Å². The molecule has 1 amide bonds. The van der Waals surface area contributed by atoms with Gasteiger partial charge in [-0.3, -0.25) is 14.5 Å². The SMILES string of the molecule is Cc1ccccc1CCNC(=O)CN1CCC[C@@H]1C(=O)O. The van der Waals surface area contributed by atoms with Crippen molar-refractivity contribution < 1.29 is 14.7 Å². The Balaban J connectivity index is 1.75. The Morgan fingerprint density at radius 1 is 1.38 bits per heavy atom. The molecule has 2 rings (SSSR count). The first-order valence-electron chi connectivity index (χ1n) is 7.36. The van der Waals surface area contributed by atoms with E-state index in [1.54, 1.807) is 4.90 Å². The van der Waals surface area contributed by atoms with E-state index in [4.69, 9.17) is 5.11 Å². The van der Waals surface area contributed by atoms with Crippen LogP contribution in [-0.4, -0.2) is 47.6 Å². The molecule has 5 nitrogen and oxygen atoms in total. The van der Waals surface area contributed by atoms with Gasteiger partial charge in [0, 0.05) is 6.54 Å². The molecule has 0 radical (unpaired) electrons. The number of aliphatic carboxylic acids is 1. The molecule has 0 saturated carbocycles. The number of nitrogens with one attached hydrogen (secondary N) is 1. The highest BCUT2D eigenvalue weighted by molar-refractivity contribution is 5.80. The van der Waals surface area contributed by atoms with Crippen molar-refractivity contribution in [1.82, 2.24) is 10.2 Å². The normalized spacial score (nSPS) is 18.6. The van der Waals surface area contributed by atoms with Crippen LogP contribution in [0.25, 0.3) is 0 Å². The smallest absolute Gasteiger partial charge is 0.320 e. The van der Waals surface area contributed by atoms with Crippen LogP contribution in [0.15, 0.2) is 24.3 Å². The second-order valence-electron chi connectivity index (χ2n) is 5.49. The average Bonchev–Trinajstić information content (AvgIpc) is 2.89. The molecule has 1 aromatic rings. The fourth-order valence-electron chi connectivity index (χ4n) is 2.76. The van der Waals surface area contributed by atoms with Crippen LogP contribution in [0.5, 0.6) is 0 Å². The first-order chi connectivity index (χ1) is 10.1. The Morgan fingerprint density at radius 3 is 2.86 bits per heavy atom. The molecule has 0 unspecified atom stereocenters. The number of carboxylic acids is 1. The van der Waals surface area contributed by atoms with Gasteiger partial charge in [-0.05, 0) is 43.9 Å². The molecule has 1 heterocycles. The van der Waals surface area contributed by atoms with E-state index in [1.807, 2.05) is 12.1 Å². The first-order valence-corrected chi connectivity index (χ1v) is 7.36. The summed E-state index contributed by atoms with van der Waals surface area (Å²) in [6.07, 6.45) is 2.26. The van der Waals surface area contributed by atoms with Crippen molar-refractivity contribution >= 4 is 11.9 Å². The second kappa shape index (κ2) is 7.22. The van der Waals surface area contributed by atoms with Crippen LogP contribution >= 0.6 is 0 Å². The van der Waals surface area contributed by atoms with Gasteiger partial charge in [0.15, 0.2) is 0 Å². The van der Waals surface area contributed by atoms with Gasteiger partial charge in [0.2, 0.25) is 5.91 Å². The first kappa shape index (κ1) is 15.5. The number of carboxylic acid groups (broad SMARTS) is 1. The van der Waals surface area contributed by atoms with E-state index in [-0.39, 0.29) is 12.5 Å². The van der Waals surface area contributed by atoms with Gasteiger partial charge in [0.25, 0.3) is 0 Å². The van der Waals surface area contributed by atoms with E-state index in [0.29, 0.717) is 19.5 Å². The number of amides is 1.